The second-order valence-electron chi connectivity index (χ2n) is 4.51. The van der Waals surface area contributed by atoms with E-state index in [0.29, 0.717) is 12.2 Å². The minimum atomic E-state index is -0.389. The Balaban J connectivity index is 2.12. The Labute approximate surface area is 116 Å². The van der Waals surface area contributed by atoms with E-state index in [9.17, 15) is 4.79 Å². The van der Waals surface area contributed by atoms with Gasteiger partial charge < -0.3 is 9.15 Å². The molecular formula is C17H14O3. The molecule has 3 rings (SSSR count). The van der Waals surface area contributed by atoms with Crippen LogP contribution < -0.4 is 0 Å². The second-order valence-corrected chi connectivity index (χ2v) is 4.51. The van der Waals surface area contributed by atoms with Gasteiger partial charge in [-0.1, -0.05) is 30.8 Å². The first kappa shape index (κ1) is 12.5. The van der Waals surface area contributed by atoms with E-state index in [1.807, 2.05) is 42.5 Å². The summed E-state index contributed by atoms with van der Waals surface area (Å²) in [6.07, 6.45) is 0. The number of hydrogen-bond donors (Lipinski definition) is 0. The van der Waals surface area contributed by atoms with Gasteiger partial charge in [-0.25, -0.2) is 4.79 Å². The minimum Gasteiger partial charge on any atom is -0.462 e. The summed E-state index contributed by atoms with van der Waals surface area (Å²) in [4.78, 5) is 11.7. The van der Waals surface area contributed by atoms with Gasteiger partial charge in [0.1, 0.15) is 11.2 Å². The molecule has 20 heavy (non-hydrogen) atoms. The maximum absolute atomic E-state index is 11.7. The molecule has 0 radical (unpaired) electrons. The Morgan fingerprint density at radius 2 is 1.90 bits per heavy atom. The Bertz CT molecular complexity index is 811. The summed E-state index contributed by atoms with van der Waals surface area (Å²) < 4.78 is 10.7. The molecule has 0 aliphatic heterocycles. The molecule has 3 nitrogen and oxygen atoms in total. The molecule has 0 bridgehead atoms. The lowest BCUT2D eigenvalue weighted by Gasteiger charge is -2.05. The molecular weight excluding hydrogens is 252 g/mol. The molecule has 0 saturated heterocycles. The molecule has 3 heteroatoms. The first-order valence-corrected chi connectivity index (χ1v) is 6.48. The van der Waals surface area contributed by atoms with Crippen LogP contribution in [0.15, 0.2) is 53.5 Å². The van der Waals surface area contributed by atoms with Crippen LogP contribution in [0.1, 0.15) is 12.5 Å². The van der Waals surface area contributed by atoms with Gasteiger partial charge >= 0.3 is 5.97 Å². The molecule has 3 aromatic rings. The van der Waals surface area contributed by atoms with E-state index in [4.69, 9.17) is 9.15 Å². The van der Waals surface area contributed by atoms with E-state index in [1.165, 1.54) is 0 Å². The number of furan rings is 1. The largest absolute Gasteiger partial charge is 0.462 e. The number of esters is 1. The van der Waals surface area contributed by atoms with Crippen molar-refractivity contribution < 1.29 is 13.9 Å². The van der Waals surface area contributed by atoms with E-state index in [1.54, 1.807) is 6.92 Å². The van der Waals surface area contributed by atoms with Gasteiger partial charge in [0.05, 0.1) is 12.2 Å². The molecule has 0 atom stereocenters. The van der Waals surface area contributed by atoms with Crippen LogP contribution in [0.2, 0.25) is 0 Å². The summed E-state index contributed by atoms with van der Waals surface area (Å²) in [5.41, 5.74) is 2.74. The highest BCUT2D eigenvalue weighted by molar-refractivity contribution is 6.17. The lowest BCUT2D eigenvalue weighted by molar-refractivity contribution is -0.136. The van der Waals surface area contributed by atoms with Crippen molar-refractivity contribution in [1.29, 1.82) is 0 Å². The Kier molecular flexibility index (Phi) is 3.03. The van der Waals surface area contributed by atoms with Gasteiger partial charge in [0.2, 0.25) is 0 Å². The van der Waals surface area contributed by atoms with Crippen LogP contribution in [0.5, 0.6) is 0 Å². The molecule has 1 heterocycles. The van der Waals surface area contributed by atoms with Crippen LogP contribution in [-0.4, -0.2) is 12.6 Å². The molecule has 0 amide bonds. The average molecular weight is 266 g/mol. The SMILES string of the molecule is C=C(C(=O)OCC)c1ccc2oc3ccccc3c2c1. The Morgan fingerprint density at radius 3 is 2.70 bits per heavy atom. The highest BCUT2D eigenvalue weighted by Gasteiger charge is 2.13. The van der Waals surface area contributed by atoms with E-state index in [-0.39, 0.29) is 5.97 Å². The fourth-order valence-corrected chi connectivity index (χ4v) is 2.25. The number of ether oxygens (including phenoxy) is 1. The molecule has 0 N–H and O–H groups in total. The number of benzene rings is 2. The molecule has 2 aromatic carbocycles. The van der Waals surface area contributed by atoms with E-state index < -0.39 is 0 Å². The summed E-state index contributed by atoms with van der Waals surface area (Å²) >= 11 is 0. The van der Waals surface area contributed by atoms with Crippen LogP contribution in [0.4, 0.5) is 0 Å². The van der Waals surface area contributed by atoms with Crippen LogP contribution in [-0.2, 0) is 9.53 Å². The molecule has 0 aliphatic rings. The number of carbonyl (C=O) groups excluding carboxylic acids is 1. The molecule has 1 aromatic heterocycles. The van der Waals surface area contributed by atoms with Gasteiger partial charge in [-0.3, -0.25) is 0 Å². The lowest BCUT2D eigenvalue weighted by atomic mass is 10.0. The smallest absolute Gasteiger partial charge is 0.338 e. The van der Waals surface area contributed by atoms with Gasteiger partial charge in [0, 0.05) is 10.8 Å². The Hall–Kier alpha value is -2.55. The quantitative estimate of drug-likeness (QED) is 0.527. The van der Waals surface area contributed by atoms with Crippen molar-refractivity contribution in [2.45, 2.75) is 6.92 Å². The van der Waals surface area contributed by atoms with Crippen LogP contribution in [0, 0.1) is 0 Å². The third-order valence-corrected chi connectivity index (χ3v) is 3.25. The van der Waals surface area contributed by atoms with Crippen molar-refractivity contribution in [1.82, 2.24) is 0 Å². The Morgan fingerprint density at radius 1 is 1.15 bits per heavy atom. The summed E-state index contributed by atoms with van der Waals surface area (Å²) in [6, 6.07) is 13.4. The zero-order valence-corrected chi connectivity index (χ0v) is 11.2. The van der Waals surface area contributed by atoms with Crippen LogP contribution in [0.3, 0.4) is 0 Å². The monoisotopic (exact) mass is 266 g/mol. The molecule has 0 fully saturated rings. The van der Waals surface area contributed by atoms with Crippen LogP contribution >= 0.6 is 0 Å². The maximum atomic E-state index is 11.7. The summed E-state index contributed by atoms with van der Waals surface area (Å²) in [6.45, 7) is 5.93. The molecule has 100 valence electrons. The highest BCUT2D eigenvalue weighted by atomic mass is 16.5. The first-order chi connectivity index (χ1) is 9.70. The molecule has 0 spiro atoms. The summed E-state index contributed by atoms with van der Waals surface area (Å²) in [5.74, 6) is -0.389. The molecule has 0 unspecified atom stereocenters. The summed E-state index contributed by atoms with van der Waals surface area (Å²) in [5, 5.41) is 2.00. The average Bonchev–Trinajstić information content (AvgIpc) is 2.84. The number of para-hydroxylation sites is 1. The van der Waals surface area contributed by atoms with Gasteiger partial charge in [0.25, 0.3) is 0 Å². The lowest BCUT2D eigenvalue weighted by Crippen LogP contribution is -2.05. The van der Waals surface area contributed by atoms with Crippen molar-refractivity contribution >= 4 is 33.5 Å². The van der Waals surface area contributed by atoms with Crippen molar-refractivity contribution in [3.05, 3.63) is 54.6 Å². The first-order valence-electron chi connectivity index (χ1n) is 6.48. The second kappa shape index (κ2) is 4.85. The third-order valence-electron chi connectivity index (χ3n) is 3.25. The minimum absolute atomic E-state index is 0.342. The predicted octanol–water partition coefficient (Wildman–Crippen LogP) is 4.16. The van der Waals surface area contributed by atoms with E-state index in [2.05, 4.69) is 6.58 Å². The predicted molar refractivity (Wildman–Crippen MR) is 79.4 cm³/mol. The highest BCUT2D eigenvalue weighted by Crippen LogP contribution is 2.30. The fourth-order valence-electron chi connectivity index (χ4n) is 2.25. The fraction of sp³-hybridized carbons (Fsp3) is 0.118. The number of carbonyl (C=O) groups is 1. The normalized spacial score (nSPS) is 10.8. The van der Waals surface area contributed by atoms with Crippen molar-refractivity contribution in [3.8, 4) is 0 Å². The van der Waals surface area contributed by atoms with Crippen molar-refractivity contribution in [2.24, 2.45) is 0 Å². The van der Waals surface area contributed by atoms with Gasteiger partial charge in [-0.05, 0) is 30.7 Å². The zero-order chi connectivity index (χ0) is 14.1. The number of fused-ring (bicyclic) bond motifs is 3. The van der Waals surface area contributed by atoms with Crippen molar-refractivity contribution in [2.75, 3.05) is 6.61 Å². The van der Waals surface area contributed by atoms with E-state index in [0.717, 1.165) is 27.5 Å². The summed E-state index contributed by atoms with van der Waals surface area (Å²) in [7, 11) is 0. The molecule has 0 aliphatic carbocycles. The standard InChI is InChI=1S/C17H14O3/c1-3-19-17(18)11(2)12-8-9-16-14(10-12)13-6-4-5-7-15(13)20-16/h4-10H,2-3H2,1H3. The van der Waals surface area contributed by atoms with Gasteiger partial charge in [-0.2, -0.15) is 0 Å². The number of hydrogen-bond acceptors (Lipinski definition) is 3. The van der Waals surface area contributed by atoms with Gasteiger partial charge in [0.15, 0.2) is 0 Å². The maximum Gasteiger partial charge on any atom is 0.338 e. The van der Waals surface area contributed by atoms with E-state index >= 15 is 0 Å². The topological polar surface area (TPSA) is 39.4 Å². The number of rotatable bonds is 3. The van der Waals surface area contributed by atoms with Gasteiger partial charge in [-0.15, -0.1) is 0 Å². The third kappa shape index (κ3) is 1.97. The van der Waals surface area contributed by atoms with Crippen molar-refractivity contribution in [3.63, 3.8) is 0 Å². The van der Waals surface area contributed by atoms with Crippen LogP contribution in [0.25, 0.3) is 27.5 Å². The molecule has 0 saturated carbocycles. The zero-order valence-electron chi connectivity index (χ0n) is 11.2.